The summed E-state index contributed by atoms with van der Waals surface area (Å²) in [4.78, 5) is 2.50. The van der Waals surface area contributed by atoms with Crippen LogP contribution in [0.4, 0.5) is 0 Å². The molecule has 0 aliphatic carbocycles. The van der Waals surface area contributed by atoms with Gasteiger partial charge in [0.05, 0.1) is 12.2 Å². The molecule has 84 valence electrons. The Morgan fingerprint density at radius 3 is 2.50 bits per heavy atom. The third-order valence-electron chi connectivity index (χ3n) is 3.21. The van der Waals surface area contributed by atoms with Crippen molar-refractivity contribution in [3.63, 3.8) is 0 Å². The van der Waals surface area contributed by atoms with Gasteiger partial charge in [0.1, 0.15) is 0 Å². The van der Waals surface area contributed by atoms with Gasteiger partial charge in [-0.05, 0) is 34.7 Å². The summed E-state index contributed by atoms with van der Waals surface area (Å²) in [6.45, 7) is 11.8. The predicted molar refractivity (Wildman–Crippen MR) is 59.6 cm³/mol. The van der Waals surface area contributed by atoms with E-state index in [4.69, 9.17) is 4.74 Å². The van der Waals surface area contributed by atoms with Crippen molar-refractivity contribution in [2.45, 2.75) is 45.4 Å². The molecular formula is C11H24N2O. The fraction of sp³-hybridized carbons (Fsp3) is 1.00. The van der Waals surface area contributed by atoms with Gasteiger partial charge in [0.15, 0.2) is 0 Å². The standard InChI is InChI=1S/C11H24N2O/c1-9(12-5)10(2)13-6-7-14-11(3,4)8-13/h9-10,12H,6-8H2,1-5H3. The molecule has 1 saturated heterocycles. The average molecular weight is 200 g/mol. The molecule has 1 fully saturated rings. The Balaban J connectivity index is 2.51. The van der Waals surface area contributed by atoms with Crippen LogP contribution in [-0.4, -0.2) is 49.3 Å². The van der Waals surface area contributed by atoms with E-state index in [1.807, 2.05) is 7.05 Å². The molecule has 3 heteroatoms. The van der Waals surface area contributed by atoms with Crippen molar-refractivity contribution in [2.24, 2.45) is 0 Å². The van der Waals surface area contributed by atoms with E-state index < -0.39 is 0 Å². The Hall–Kier alpha value is -0.120. The first-order valence-corrected chi connectivity index (χ1v) is 5.51. The molecule has 0 amide bonds. The van der Waals surface area contributed by atoms with Crippen LogP contribution in [0.1, 0.15) is 27.7 Å². The zero-order chi connectivity index (χ0) is 10.8. The highest BCUT2D eigenvalue weighted by atomic mass is 16.5. The second-order valence-corrected chi connectivity index (χ2v) is 4.90. The molecule has 0 saturated carbocycles. The highest BCUT2D eigenvalue weighted by molar-refractivity contribution is 4.85. The molecular weight excluding hydrogens is 176 g/mol. The van der Waals surface area contributed by atoms with Crippen LogP contribution in [0.25, 0.3) is 0 Å². The van der Waals surface area contributed by atoms with Crippen molar-refractivity contribution in [3.05, 3.63) is 0 Å². The fourth-order valence-electron chi connectivity index (χ4n) is 1.96. The average Bonchev–Trinajstić information content (AvgIpc) is 2.14. The summed E-state index contributed by atoms with van der Waals surface area (Å²) in [6, 6.07) is 1.10. The topological polar surface area (TPSA) is 24.5 Å². The lowest BCUT2D eigenvalue weighted by atomic mass is 10.0. The van der Waals surface area contributed by atoms with Crippen molar-refractivity contribution in [1.82, 2.24) is 10.2 Å². The summed E-state index contributed by atoms with van der Waals surface area (Å²) in [7, 11) is 2.02. The number of morpholine rings is 1. The predicted octanol–water partition coefficient (Wildman–Crippen LogP) is 1.09. The Morgan fingerprint density at radius 2 is 2.00 bits per heavy atom. The van der Waals surface area contributed by atoms with E-state index in [9.17, 15) is 0 Å². The molecule has 1 aliphatic rings. The van der Waals surface area contributed by atoms with E-state index in [1.165, 1.54) is 0 Å². The van der Waals surface area contributed by atoms with Crippen LogP contribution in [0.15, 0.2) is 0 Å². The molecule has 0 aromatic heterocycles. The molecule has 3 nitrogen and oxygen atoms in total. The van der Waals surface area contributed by atoms with E-state index in [0.29, 0.717) is 12.1 Å². The summed E-state index contributed by atoms with van der Waals surface area (Å²) in [5.41, 5.74) is 0.0139. The minimum absolute atomic E-state index is 0.0139. The molecule has 0 aromatic rings. The SMILES string of the molecule is CNC(C)C(C)N1CCOC(C)(C)C1. The van der Waals surface area contributed by atoms with Gasteiger partial charge < -0.3 is 10.1 Å². The van der Waals surface area contributed by atoms with Gasteiger partial charge in [0.25, 0.3) is 0 Å². The molecule has 1 N–H and O–H groups in total. The first kappa shape index (κ1) is 12.0. The molecule has 14 heavy (non-hydrogen) atoms. The first-order valence-electron chi connectivity index (χ1n) is 5.51. The minimum Gasteiger partial charge on any atom is -0.373 e. The maximum absolute atomic E-state index is 5.70. The quantitative estimate of drug-likeness (QED) is 0.738. The van der Waals surface area contributed by atoms with Crippen LogP contribution in [0.5, 0.6) is 0 Å². The lowest BCUT2D eigenvalue weighted by Gasteiger charge is -2.42. The monoisotopic (exact) mass is 200 g/mol. The van der Waals surface area contributed by atoms with E-state index in [1.54, 1.807) is 0 Å². The molecule has 1 heterocycles. The van der Waals surface area contributed by atoms with Gasteiger partial charge in [-0.3, -0.25) is 4.90 Å². The van der Waals surface area contributed by atoms with E-state index in [-0.39, 0.29) is 5.60 Å². The fourth-order valence-corrected chi connectivity index (χ4v) is 1.96. The Morgan fingerprint density at radius 1 is 1.36 bits per heavy atom. The van der Waals surface area contributed by atoms with Gasteiger partial charge >= 0.3 is 0 Å². The number of ether oxygens (including phenoxy) is 1. The third kappa shape index (κ3) is 2.94. The molecule has 1 aliphatic heterocycles. The highest BCUT2D eigenvalue weighted by Gasteiger charge is 2.30. The zero-order valence-electron chi connectivity index (χ0n) is 10.1. The smallest absolute Gasteiger partial charge is 0.0753 e. The minimum atomic E-state index is 0.0139. The van der Waals surface area contributed by atoms with Gasteiger partial charge in [0, 0.05) is 25.2 Å². The highest BCUT2D eigenvalue weighted by Crippen LogP contribution is 2.19. The van der Waals surface area contributed by atoms with E-state index in [2.05, 4.69) is 37.9 Å². The summed E-state index contributed by atoms with van der Waals surface area (Å²) < 4.78 is 5.70. The van der Waals surface area contributed by atoms with Gasteiger partial charge in [-0.1, -0.05) is 0 Å². The van der Waals surface area contributed by atoms with Crippen molar-refractivity contribution in [2.75, 3.05) is 26.7 Å². The maximum atomic E-state index is 5.70. The lowest BCUT2D eigenvalue weighted by Crippen LogP contribution is -2.55. The number of nitrogens with one attached hydrogen (secondary N) is 1. The number of rotatable bonds is 3. The van der Waals surface area contributed by atoms with Gasteiger partial charge in [-0.25, -0.2) is 0 Å². The molecule has 2 unspecified atom stereocenters. The van der Waals surface area contributed by atoms with E-state index in [0.717, 1.165) is 19.7 Å². The lowest BCUT2D eigenvalue weighted by molar-refractivity contribution is -0.0977. The van der Waals surface area contributed by atoms with Crippen molar-refractivity contribution in [1.29, 1.82) is 0 Å². The van der Waals surface area contributed by atoms with Crippen LogP contribution < -0.4 is 5.32 Å². The van der Waals surface area contributed by atoms with Crippen LogP contribution in [0.3, 0.4) is 0 Å². The molecule has 0 bridgehead atoms. The normalized spacial score (nSPS) is 27.2. The van der Waals surface area contributed by atoms with Gasteiger partial charge in [0.2, 0.25) is 0 Å². The Labute approximate surface area is 87.8 Å². The molecule has 1 rings (SSSR count). The van der Waals surface area contributed by atoms with Crippen LogP contribution in [0, 0.1) is 0 Å². The number of hydrogen-bond acceptors (Lipinski definition) is 3. The molecule has 0 spiro atoms. The van der Waals surface area contributed by atoms with Crippen molar-refractivity contribution in [3.8, 4) is 0 Å². The largest absolute Gasteiger partial charge is 0.373 e. The third-order valence-corrected chi connectivity index (χ3v) is 3.21. The summed E-state index contributed by atoms with van der Waals surface area (Å²) in [5, 5.41) is 3.31. The van der Waals surface area contributed by atoms with Gasteiger partial charge in [-0.15, -0.1) is 0 Å². The Bertz CT molecular complexity index is 182. The summed E-state index contributed by atoms with van der Waals surface area (Å²) in [6.07, 6.45) is 0. The first-order chi connectivity index (χ1) is 6.46. The second kappa shape index (κ2) is 4.60. The van der Waals surface area contributed by atoms with Crippen molar-refractivity contribution >= 4 is 0 Å². The number of nitrogens with zero attached hydrogens (tertiary/aromatic N) is 1. The summed E-state index contributed by atoms with van der Waals surface area (Å²) >= 11 is 0. The van der Waals surface area contributed by atoms with Crippen molar-refractivity contribution < 1.29 is 4.74 Å². The Kier molecular flexibility index (Phi) is 3.93. The van der Waals surface area contributed by atoms with Crippen LogP contribution in [0.2, 0.25) is 0 Å². The van der Waals surface area contributed by atoms with Crippen LogP contribution in [-0.2, 0) is 4.74 Å². The number of likely N-dealkylation sites (N-methyl/N-ethyl adjacent to an activating group) is 1. The molecule has 0 radical (unpaired) electrons. The second-order valence-electron chi connectivity index (χ2n) is 4.90. The summed E-state index contributed by atoms with van der Waals surface area (Å²) in [5.74, 6) is 0. The zero-order valence-corrected chi connectivity index (χ0v) is 10.1. The molecule has 2 atom stereocenters. The van der Waals surface area contributed by atoms with E-state index >= 15 is 0 Å². The van der Waals surface area contributed by atoms with Gasteiger partial charge in [-0.2, -0.15) is 0 Å². The molecule has 0 aromatic carbocycles. The van der Waals surface area contributed by atoms with Crippen LogP contribution >= 0.6 is 0 Å². The maximum Gasteiger partial charge on any atom is 0.0753 e. The number of hydrogen-bond donors (Lipinski definition) is 1.